The Morgan fingerprint density at radius 2 is 1.82 bits per heavy atom. The van der Waals surface area contributed by atoms with Crippen molar-refractivity contribution < 1.29 is 14.3 Å². The second-order valence-corrected chi connectivity index (χ2v) is 12.0. The third kappa shape index (κ3) is 5.68. The van der Waals surface area contributed by atoms with Crippen LogP contribution in [-0.2, 0) is 20.9 Å². The van der Waals surface area contributed by atoms with E-state index in [1.54, 1.807) is 7.11 Å². The summed E-state index contributed by atoms with van der Waals surface area (Å²) in [5.74, 6) is -0.301. The molecule has 202 valence electrons. The summed E-state index contributed by atoms with van der Waals surface area (Å²) in [4.78, 5) is 34.1. The number of nitrogens with zero attached hydrogens (tertiary/aromatic N) is 1. The van der Waals surface area contributed by atoms with Crippen LogP contribution in [0.15, 0.2) is 77.8 Å². The SMILES string of the molecule is COCCNC(=O)C1(Sc2ccc(C)cc2)CC(=O)N(Cc2ccc(Cl)cc2)C1c1c[nH]c2cc(Cl)ccc12. The number of aromatic nitrogens is 1. The molecule has 1 aliphatic heterocycles. The molecule has 2 heterocycles. The number of ether oxygens (including phenoxy) is 1. The second-order valence-electron chi connectivity index (χ2n) is 9.71. The third-order valence-electron chi connectivity index (χ3n) is 7.02. The first kappa shape index (κ1) is 27.6. The van der Waals surface area contributed by atoms with Gasteiger partial charge in [-0.2, -0.15) is 0 Å². The van der Waals surface area contributed by atoms with Crippen molar-refractivity contribution in [1.29, 1.82) is 0 Å². The lowest BCUT2D eigenvalue weighted by molar-refractivity contribution is -0.129. The van der Waals surface area contributed by atoms with E-state index in [0.29, 0.717) is 29.7 Å². The number of amides is 2. The van der Waals surface area contributed by atoms with Crippen molar-refractivity contribution in [2.75, 3.05) is 20.3 Å². The van der Waals surface area contributed by atoms with Crippen molar-refractivity contribution in [2.24, 2.45) is 0 Å². The van der Waals surface area contributed by atoms with E-state index in [1.807, 2.05) is 84.8 Å². The van der Waals surface area contributed by atoms with Crippen LogP contribution >= 0.6 is 35.0 Å². The molecule has 0 spiro atoms. The van der Waals surface area contributed by atoms with E-state index in [1.165, 1.54) is 11.8 Å². The fourth-order valence-corrected chi connectivity index (χ4v) is 6.84. The molecule has 9 heteroatoms. The lowest BCUT2D eigenvalue weighted by atomic mass is 9.91. The van der Waals surface area contributed by atoms with Crippen LogP contribution in [0, 0.1) is 6.92 Å². The molecule has 1 fully saturated rings. The number of nitrogens with one attached hydrogen (secondary N) is 2. The van der Waals surface area contributed by atoms with E-state index >= 15 is 0 Å². The summed E-state index contributed by atoms with van der Waals surface area (Å²) in [6.07, 6.45) is 1.94. The van der Waals surface area contributed by atoms with Crippen LogP contribution in [-0.4, -0.2) is 46.7 Å². The van der Waals surface area contributed by atoms with Gasteiger partial charge in [-0.1, -0.05) is 59.1 Å². The smallest absolute Gasteiger partial charge is 0.239 e. The summed E-state index contributed by atoms with van der Waals surface area (Å²) >= 11 is 13.8. The lowest BCUT2D eigenvalue weighted by Crippen LogP contribution is -2.48. The number of aryl methyl sites for hydroxylation is 1. The van der Waals surface area contributed by atoms with E-state index in [2.05, 4.69) is 10.3 Å². The average molecular weight is 583 g/mol. The monoisotopic (exact) mass is 581 g/mol. The zero-order valence-electron chi connectivity index (χ0n) is 21.7. The Hall–Kier alpha value is -2.97. The first-order valence-electron chi connectivity index (χ1n) is 12.6. The zero-order valence-corrected chi connectivity index (χ0v) is 24.0. The maximum atomic E-state index is 14.2. The molecule has 4 aromatic rings. The lowest BCUT2D eigenvalue weighted by Gasteiger charge is -2.36. The van der Waals surface area contributed by atoms with Gasteiger partial charge in [0.05, 0.1) is 19.1 Å². The van der Waals surface area contributed by atoms with E-state index < -0.39 is 10.8 Å². The molecule has 6 nitrogen and oxygen atoms in total. The van der Waals surface area contributed by atoms with Crippen LogP contribution in [0.3, 0.4) is 0 Å². The third-order valence-corrected chi connectivity index (χ3v) is 8.93. The minimum Gasteiger partial charge on any atom is -0.383 e. The van der Waals surface area contributed by atoms with Crippen LogP contribution in [0.4, 0.5) is 0 Å². The number of halogens is 2. The maximum absolute atomic E-state index is 14.2. The fraction of sp³-hybridized carbons (Fsp3) is 0.267. The molecule has 0 saturated carbocycles. The molecule has 1 saturated heterocycles. The highest BCUT2D eigenvalue weighted by Gasteiger charge is 2.58. The molecule has 5 rings (SSSR count). The number of hydrogen-bond donors (Lipinski definition) is 2. The Bertz CT molecular complexity index is 1490. The van der Waals surface area contributed by atoms with Gasteiger partial charge in [0.1, 0.15) is 4.75 Å². The molecular formula is C30H29Cl2N3O3S. The van der Waals surface area contributed by atoms with Gasteiger partial charge >= 0.3 is 0 Å². The summed E-state index contributed by atoms with van der Waals surface area (Å²) in [6.45, 7) is 3.07. The highest BCUT2D eigenvalue weighted by atomic mass is 35.5. The summed E-state index contributed by atoms with van der Waals surface area (Å²) in [6, 6.07) is 20.5. The van der Waals surface area contributed by atoms with Crippen molar-refractivity contribution in [3.05, 3.63) is 99.7 Å². The first-order valence-corrected chi connectivity index (χ1v) is 14.2. The van der Waals surface area contributed by atoms with Gasteiger partial charge in [0.25, 0.3) is 0 Å². The maximum Gasteiger partial charge on any atom is 0.239 e. The van der Waals surface area contributed by atoms with Gasteiger partial charge in [-0.25, -0.2) is 0 Å². The number of fused-ring (bicyclic) bond motifs is 1. The molecule has 1 aromatic heterocycles. The summed E-state index contributed by atoms with van der Waals surface area (Å²) in [7, 11) is 1.59. The van der Waals surface area contributed by atoms with E-state index in [-0.39, 0.29) is 18.2 Å². The average Bonchev–Trinajstić information content (AvgIpc) is 3.44. The number of methoxy groups -OCH3 is 1. The number of carbonyl (C=O) groups is 2. The Morgan fingerprint density at radius 3 is 2.54 bits per heavy atom. The van der Waals surface area contributed by atoms with Crippen molar-refractivity contribution in [1.82, 2.24) is 15.2 Å². The van der Waals surface area contributed by atoms with Crippen LogP contribution in [0.25, 0.3) is 10.9 Å². The predicted octanol–water partition coefficient (Wildman–Crippen LogP) is 6.55. The van der Waals surface area contributed by atoms with E-state index in [4.69, 9.17) is 27.9 Å². The van der Waals surface area contributed by atoms with Crippen LogP contribution in [0.1, 0.15) is 29.2 Å². The van der Waals surface area contributed by atoms with Crippen LogP contribution in [0.2, 0.25) is 10.0 Å². The molecule has 3 aromatic carbocycles. The van der Waals surface area contributed by atoms with Gasteiger partial charge < -0.3 is 19.9 Å². The molecule has 0 bridgehead atoms. The molecule has 1 aliphatic rings. The van der Waals surface area contributed by atoms with Gasteiger partial charge in [0, 0.05) is 57.8 Å². The van der Waals surface area contributed by atoms with Crippen LogP contribution < -0.4 is 5.32 Å². The molecule has 2 unspecified atom stereocenters. The number of H-pyrrole nitrogens is 1. The number of rotatable bonds is 9. The van der Waals surface area contributed by atoms with Gasteiger partial charge in [-0.05, 0) is 48.9 Å². The van der Waals surface area contributed by atoms with Crippen LogP contribution in [0.5, 0.6) is 0 Å². The quantitative estimate of drug-likeness (QED) is 0.220. The highest BCUT2D eigenvalue weighted by Crippen LogP contribution is 2.54. The first-order chi connectivity index (χ1) is 18.8. The number of aromatic amines is 1. The zero-order chi connectivity index (χ0) is 27.6. The van der Waals surface area contributed by atoms with Gasteiger partial charge in [-0.15, -0.1) is 11.8 Å². The van der Waals surface area contributed by atoms with Gasteiger partial charge in [0.15, 0.2) is 0 Å². The molecule has 0 aliphatic carbocycles. The van der Waals surface area contributed by atoms with Crippen molar-refractivity contribution in [3.63, 3.8) is 0 Å². The van der Waals surface area contributed by atoms with Crippen molar-refractivity contribution >= 4 is 57.7 Å². The van der Waals surface area contributed by atoms with Gasteiger partial charge in [-0.3, -0.25) is 9.59 Å². The fourth-order valence-electron chi connectivity index (χ4n) is 5.13. The standard InChI is InChI=1S/C30H29Cl2N3O3S/c1-19-3-10-23(11-4-19)39-30(29(37)33-13-14-38-2)16-27(36)35(18-20-5-7-21(31)8-6-20)28(30)25-17-34-26-15-22(32)9-12-24(25)26/h3-12,15,17,28,34H,13-14,16,18H2,1-2H3,(H,33,37). The highest BCUT2D eigenvalue weighted by molar-refractivity contribution is 8.01. The van der Waals surface area contributed by atoms with E-state index in [0.717, 1.165) is 32.5 Å². The summed E-state index contributed by atoms with van der Waals surface area (Å²) < 4.78 is 4.05. The Labute approximate surface area is 242 Å². The second kappa shape index (κ2) is 11.6. The number of carbonyl (C=O) groups excluding carboxylic acids is 2. The molecule has 39 heavy (non-hydrogen) atoms. The summed E-state index contributed by atoms with van der Waals surface area (Å²) in [5.41, 5.74) is 3.76. The molecular weight excluding hydrogens is 553 g/mol. The minimum atomic E-state index is -1.14. The van der Waals surface area contributed by atoms with Crippen molar-refractivity contribution in [3.8, 4) is 0 Å². The molecule has 0 radical (unpaired) electrons. The Kier molecular flexibility index (Phi) is 8.24. The normalized spacial score (nSPS) is 19.1. The Balaban J connectivity index is 1.66. The predicted molar refractivity (Wildman–Crippen MR) is 157 cm³/mol. The number of benzene rings is 3. The minimum absolute atomic E-state index is 0.0445. The molecule has 2 atom stereocenters. The van der Waals surface area contributed by atoms with Gasteiger partial charge in [0.2, 0.25) is 11.8 Å². The molecule has 2 amide bonds. The summed E-state index contributed by atoms with van der Waals surface area (Å²) in [5, 5.41) is 5.19. The number of likely N-dealkylation sites (tertiary alicyclic amines) is 1. The van der Waals surface area contributed by atoms with Crippen molar-refractivity contribution in [2.45, 2.75) is 35.6 Å². The topological polar surface area (TPSA) is 74.4 Å². The van der Waals surface area contributed by atoms with E-state index in [9.17, 15) is 9.59 Å². The number of hydrogen-bond acceptors (Lipinski definition) is 4. The number of thioether (sulfide) groups is 1. The molecule has 2 N–H and O–H groups in total. The Morgan fingerprint density at radius 1 is 1.10 bits per heavy atom. The largest absolute Gasteiger partial charge is 0.383 e.